The molecule has 60 heavy (non-hydrogen) atoms. The number of alkyl halides is 1. The Hall–Kier alpha value is -3.31. The number of carbonyl (C=O) groups excluding carboxylic acids is 3. The Morgan fingerprint density at radius 3 is 2.38 bits per heavy atom. The maximum atomic E-state index is 17.0. The number of halogens is 1. The summed E-state index contributed by atoms with van der Waals surface area (Å²) in [5.74, 6) is -4.62. The van der Waals surface area contributed by atoms with Crippen molar-refractivity contribution in [2.45, 2.75) is 160 Å². The quantitative estimate of drug-likeness (QED) is 0.217. The van der Waals surface area contributed by atoms with Gasteiger partial charge in [0.15, 0.2) is 17.7 Å². The normalized spacial score (nSPS) is 38.5. The zero-order valence-corrected chi connectivity index (χ0v) is 37.7. The summed E-state index contributed by atoms with van der Waals surface area (Å²) in [7, 11) is 5.18. The van der Waals surface area contributed by atoms with Crippen LogP contribution in [-0.4, -0.2) is 143 Å². The topological polar surface area (TPSA) is 166 Å². The largest absolute Gasteiger partial charge is 0.455 e. The molecular weight excluding hydrogens is 774 g/mol. The van der Waals surface area contributed by atoms with Crippen LogP contribution in [0.25, 0.3) is 10.9 Å². The number of likely N-dealkylation sites (N-methyl/N-ethyl adjacent to an activating group) is 1. The van der Waals surface area contributed by atoms with Crippen molar-refractivity contribution in [1.82, 2.24) is 19.9 Å². The number of esters is 1. The molecular formula is C45H70FN5O9. The monoisotopic (exact) mass is 844 g/mol. The van der Waals surface area contributed by atoms with E-state index in [0.717, 1.165) is 29.8 Å². The molecule has 3 fully saturated rings. The number of carbonyl (C=O) groups is 3. The first-order valence-electron chi connectivity index (χ1n) is 21.7. The molecule has 336 valence electrons. The van der Waals surface area contributed by atoms with Crippen LogP contribution in [0.15, 0.2) is 36.5 Å². The molecule has 2 unspecified atom stereocenters. The molecule has 14 atom stereocenters. The fourth-order valence-electron chi connectivity index (χ4n) is 10.1. The van der Waals surface area contributed by atoms with Gasteiger partial charge in [-0.3, -0.25) is 9.78 Å². The lowest BCUT2D eigenvalue weighted by Gasteiger charge is -2.48. The summed E-state index contributed by atoms with van der Waals surface area (Å²) in [4.78, 5) is 49.1. The minimum Gasteiger partial charge on any atom is -0.455 e. The number of benzene rings is 1. The molecule has 3 aliphatic rings. The molecule has 1 aromatic heterocycles. The van der Waals surface area contributed by atoms with Crippen molar-refractivity contribution in [2.75, 3.05) is 34.3 Å². The number of ketones is 1. The number of amides is 1. The first-order valence-corrected chi connectivity index (χ1v) is 21.7. The van der Waals surface area contributed by atoms with Crippen LogP contribution < -0.4 is 5.73 Å². The van der Waals surface area contributed by atoms with Gasteiger partial charge in [0, 0.05) is 49.8 Å². The van der Waals surface area contributed by atoms with Crippen LogP contribution in [0.5, 0.6) is 0 Å². The number of rotatable bonds is 11. The second kappa shape index (κ2) is 19.0. The van der Waals surface area contributed by atoms with Crippen molar-refractivity contribution in [1.29, 1.82) is 0 Å². The third-order valence-electron chi connectivity index (χ3n) is 13.7. The number of hydrogen-bond donors (Lipinski definition) is 2. The van der Waals surface area contributed by atoms with E-state index in [1.165, 1.54) is 14.0 Å². The van der Waals surface area contributed by atoms with Gasteiger partial charge in [-0.25, -0.2) is 24.0 Å². The van der Waals surface area contributed by atoms with Crippen LogP contribution in [0.2, 0.25) is 0 Å². The SMILES string of the molecule is CC[C@@H]1OC(=O)C(C)(F)C(=O)[C@H](C)[C@@H](O[C@@H]2O[C@H](C)C[C@H](N(C)C)[C@H]2O)[C@@](C)(OC)C[C@@H](C)C(N)[C@@H](C)[C@H]2N(N(CC)CCCc3ccnc4ccccc34)C(=O)O[C@]12C. The Kier molecular flexibility index (Phi) is 15.1. The molecule has 5 rings (SSSR count). The van der Waals surface area contributed by atoms with E-state index in [1.54, 1.807) is 32.0 Å². The molecule has 4 heterocycles. The number of aryl methyl sites for hydroxylation is 1. The van der Waals surface area contributed by atoms with Crippen molar-refractivity contribution in [3.63, 3.8) is 0 Å². The second-order valence-corrected chi connectivity index (χ2v) is 18.2. The summed E-state index contributed by atoms with van der Waals surface area (Å²) in [6.07, 6.45) is -1.51. The number of fused-ring (bicyclic) bond motifs is 2. The van der Waals surface area contributed by atoms with Crippen LogP contribution in [0, 0.1) is 17.8 Å². The van der Waals surface area contributed by atoms with Crippen LogP contribution in [0.3, 0.4) is 0 Å². The fraction of sp³-hybridized carbons (Fsp3) is 0.733. The maximum absolute atomic E-state index is 17.0. The van der Waals surface area contributed by atoms with Crippen molar-refractivity contribution in [3.05, 3.63) is 42.1 Å². The van der Waals surface area contributed by atoms with E-state index >= 15 is 4.39 Å². The predicted molar refractivity (Wildman–Crippen MR) is 225 cm³/mol. The lowest BCUT2D eigenvalue weighted by atomic mass is 9.72. The van der Waals surface area contributed by atoms with Crippen LogP contribution in [0.4, 0.5) is 9.18 Å². The molecule has 0 spiro atoms. The summed E-state index contributed by atoms with van der Waals surface area (Å²) in [5.41, 5.74) is 3.35. The molecule has 2 aromatic rings. The van der Waals surface area contributed by atoms with E-state index in [4.69, 9.17) is 29.4 Å². The van der Waals surface area contributed by atoms with Gasteiger partial charge in [0.2, 0.25) is 0 Å². The minimum absolute atomic E-state index is 0.147. The van der Waals surface area contributed by atoms with Gasteiger partial charge >= 0.3 is 12.1 Å². The van der Waals surface area contributed by atoms with Crippen molar-refractivity contribution >= 4 is 28.7 Å². The van der Waals surface area contributed by atoms with Gasteiger partial charge in [-0.2, -0.15) is 0 Å². The summed E-state index contributed by atoms with van der Waals surface area (Å²) in [6.45, 7) is 16.3. The average Bonchev–Trinajstić information content (AvgIpc) is 3.49. The first kappa shape index (κ1) is 47.7. The molecule has 14 nitrogen and oxygen atoms in total. The summed E-state index contributed by atoms with van der Waals surface area (Å²) < 4.78 is 48.2. The highest BCUT2D eigenvalue weighted by molar-refractivity contribution is 6.07. The summed E-state index contributed by atoms with van der Waals surface area (Å²) in [5, 5.41) is 16.1. The number of para-hydroxylation sites is 1. The number of Topliss-reactive ketones (excluding diaryl/α,β-unsaturated/α-hetero) is 1. The number of cyclic esters (lactones) is 1. The van der Waals surface area contributed by atoms with E-state index < -0.39 is 83.2 Å². The second-order valence-electron chi connectivity index (χ2n) is 18.2. The Balaban J connectivity index is 1.53. The smallest absolute Gasteiger partial charge is 0.425 e. The van der Waals surface area contributed by atoms with E-state index in [-0.39, 0.29) is 30.9 Å². The van der Waals surface area contributed by atoms with Crippen LogP contribution in [-0.2, 0) is 39.7 Å². The van der Waals surface area contributed by atoms with E-state index in [1.807, 2.05) is 76.0 Å². The van der Waals surface area contributed by atoms with E-state index in [9.17, 15) is 19.5 Å². The zero-order chi connectivity index (χ0) is 44.5. The number of nitrogens with zero attached hydrogens (tertiary/aromatic N) is 4. The van der Waals surface area contributed by atoms with Gasteiger partial charge in [-0.1, -0.05) is 52.8 Å². The fourth-order valence-corrected chi connectivity index (χ4v) is 10.1. The van der Waals surface area contributed by atoms with Gasteiger partial charge in [0.05, 0.1) is 29.4 Å². The van der Waals surface area contributed by atoms with Crippen molar-refractivity contribution in [2.24, 2.45) is 23.5 Å². The maximum Gasteiger partial charge on any atom is 0.425 e. The zero-order valence-electron chi connectivity index (χ0n) is 37.7. The number of pyridine rings is 1. The molecule has 1 amide bonds. The molecule has 0 saturated carbocycles. The Labute approximate surface area is 355 Å². The van der Waals surface area contributed by atoms with Crippen molar-refractivity contribution in [3.8, 4) is 0 Å². The number of aromatic nitrogens is 1. The van der Waals surface area contributed by atoms with Gasteiger partial charge in [0.25, 0.3) is 5.67 Å². The standard InChI is InChI=1S/C45H70FN5O9/c1-13-34-45(9)37(51(42(55)60-45)50(14-2)23-17-18-30-21-22-48-32-20-16-15-19-31(30)32)28(5)35(47)26(3)25-43(7,56-12)39(29(6)38(53)44(8,46)41(54)58-34)59-40-36(52)33(49(10)11)24-27(4)57-40/h15-16,19-22,26-29,33-37,39-40,52H,13-14,17-18,23-25,47H2,1-12H3/t26-,27-,28-,29+,33+,34+,35?,36-,37-,39-,40+,43+,44?,45-/m1/s1. The Morgan fingerprint density at radius 1 is 1.07 bits per heavy atom. The highest BCUT2D eigenvalue weighted by Gasteiger charge is 2.62. The van der Waals surface area contributed by atoms with Crippen LogP contribution in [0.1, 0.15) is 93.6 Å². The number of hydrogen-bond acceptors (Lipinski definition) is 13. The number of aliphatic hydroxyl groups is 1. The van der Waals surface area contributed by atoms with Gasteiger partial charge in [-0.15, -0.1) is 0 Å². The predicted octanol–water partition coefficient (Wildman–Crippen LogP) is 5.46. The lowest BCUT2D eigenvalue weighted by Crippen LogP contribution is -2.64. The molecule has 3 saturated heterocycles. The third-order valence-corrected chi connectivity index (χ3v) is 13.7. The molecule has 0 aliphatic carbocycles. The average molecular weight is 844 g/mol. The minimum atomic E-state index is -3.15. The van der Waals surface area contributed by atoms with Gasteiger partial charge in [-0.05, 0) is 103 Å². The molecule has 15 heteroatoms. The number of aliphatic hydroxyl groups excluding tert-OH is 1. The summed E-state index contributed by atoms with van der Waals surface area (Å²) >= 11 is 0. The van der Waals surface area contributed by atoms with E-state index in [2.05, 4.69) is 11.1 Å². The lowest BCUT2D eigenvalue weighted by molar-refractivity contribution is -0.296. The highest BCUT2D eigenvalue weighted by atomic mass is 19.1. The Bertz CT molecular complexity index is 1810. The Morgan fingerprint density at radius 2 is 1.75 bits per heavy atom. The van der Waals surface area contributed by atoms with Crippen LogP contribution >= 0.6 is 0 Å². The molecule has 0 radical (unpaired) electrons. The number of methoxy groups -OCH3 is 1. The molecule has 1 aromatic carbocycles. The highest BCUT2D eigenvalue weighted by Crippen LogP contribution is 2.45. The number of nitrogens with two attached hydrogens (primary N) is 1. The first-order chi connectivity index (χ1) is 28.2. The number of ether oxygens (including phenoxy) is 5. The number of hydrazine groups is 1. The molecule has 0 bridgehead atoms. The third kappa shape index (κ3) is 9.23. The summed E-state index contributed by atoms with van der Waals surface area (Å²) in [6, 6.07) is 8.29. The van der Waals surface area contributed by atoms with Gasteiger partial charge in [0.1, 0.15) is 12.2 Å². The van der Waals surface area contributed by atoms with Gasteiger partial charge < -0.3 is 39.4 Å². The molecule has 3 N–H and O–H groups in total. The molecule has 3 aliphatic heterocycles. The van der Waals surface area contributed by atoms with Crippen molar-refractivity contribution < 1.29 is 47.6 Å². The van der Waals surface area contributed by atoms with E-state index in [0.29, 0.717) is 25.9 Å².